The molecule has 0 bridgehead atoms. The first kappa shape index (κ1) is 15.6. The topological polar surface area (TPSA) is 59.1 Å². The molecule has 1 saturated carbocycles. The SMILES string of the molecule is COc1ccccc1CNc1ccnc(NC2CCCCC2)n1. The van der Waals surface area contributed by atoms with E-state index >= 15 is 0 Å². The first-order valence-corrected chi connectivity index (χ1v) is 8.30. The average molecular weight is 312 g/mol. The molecule has 122 valence electrons. The second-order valence-corrected chi connectivity index (χ2v) is 5.91. The Kier molecular flexibility index (Phi) is 5.29. The molecule has 1 aromatic carbocycles. The van der Waals surface area contributed by atoms with Crippen LogP contribution in [0.25, 0.3) is 0 Å². The first-order valence-electron chi connectivity index (χ1n) is 8.30. The third kappa shape index (κ3) is 4.34. The van der Waals surface area contributed by atoms with Gasteiger partial charge in [-0.15, -0.1) is 0 Å². The van der Waals surface area contributed by atoms with Gasteiger partial charge in [0.1, 0.15) is 11.6 Å². The smallest absolute Gasteiger partial charge is 0.224 e. The Morgan fingerprint density at radius 2 is 1.96 bits per heavy atom. The Hall–Kier alpha value is -2.30. The number of benzene rings is 1. The highest BCUT2D eigenvalue weighted by Gasteiger charge is 2.14. The lowest BCUT2D eigenvalue weighted by atomic mass is 9.96. The summed E-state index contributed by atoms with van der Waals surface area (Å²) in [6.45, 7) is 0.671. The summed E-state index contributed by atoms with van der Waals surface area (Å²) in [6, 6.07) is 10.4. The molecule has 3 rings (SSSR count). The molecule has 5 heteroatoms. The summed E-state index contributed by atoms with van der Waals surface area (Å²) in [5.74, 6) is 2.42. The molecule has 5 nitrogen and oxygen atoms in total. The third-order valence-electron chi connectivity index (χ3n) is 4.25. The number of anilines is 2. The van der Waals surface area contributed by atoms with E-state index in [4.69, 9.17) is 4.74 Å². The molecule has 1 aliphatic rings. The highest BCUT2D eigenvalue weighted by molar-refractivity contribution is 5.42. The first-order chi connectivity index (χ1) is 11.3. The van der Waals surface area contributed by atoms with E-state index in [2.05, 4.69) is 20.6 Å². The van der Waals surface area contributed by atoms with Gasteiger partial charge in [0.2, 0.25) is 5.95 Å². The summed E-state index contributed by atoms with van der Waals surface area (Å²) in [5, 5.41) is 6.80. The van der Waals surface area contributed by atoms with Crippen molar-refractivity contribution in [3.63, 3.8) is 0 Å². The molecule has 0 radical (unpaired) electrons. The van der Waals surface area contributed by atoms with Crippen molar-refractivity contribution >= 4 is 11.8 Å². The van der Waals surface area contributed by atoms with Crippen LogP contribution in [-0.4, -0.2) is 23.1 Å². The van der Waals surface area contributed by atoms with Crippen molar-refractivity contribution in [3.8, 4) is 5.75 Å². The van der Waals surface area contributed by atoms with E-state index in [1.807, 2.05) is 30.3 Å². The summed E-state index contributed by atoms with van der Waals surface area (Å²) in [4.78, 5) is 8.90. The van der Waals surface area contributed by atoms with Gasteiger partial charge < -0.3 is 15.4 Å². The fraction of sp³-hybridized carbons (Fsp3) is 0.444. The molecule has 2 aromatic rings. The van der Waals surface area contributed by atoms with Crippen LogP contribution in [0.3, 0.4) is 0 Å². The number of aromatic nitrogens is 2. The quantitative estimate of drug-likeness (QED) is 0.848. The van der Waals surface area contributed by atoms with Gasteiger partial charge in [0.15, 0.2) is 0 Å². The maximum Gasteiger partial charge on any atom is 0.224 e. The molecular weight excluding hydrogens is 288 g/mol. The van der Waals surface area contributed by atoms with E-state index in [-0.39, 0.29) is 0 Å². The van der Waals surface area contributed by atoms with Crippen LogP contribution in [0.15, 0.2) is 36.5 Å². The molecule has 23 heavy (non-hydrogen) atoms. The van der Waals surface area contributed by atoms with Crippen LogP contribution in [0, 0.1) is 0 Å². The van der Waals surface area contributed by atoms with Crippen LogP contribution in [0.1, 0.15) is 37.7 Å². The predicted molar refractivity (Wildman–Crippen MR) is 92.8 cm³/mol. The number of hydrogen-bond donors (Lipinski definition) is 2. The lowest BCUT2D eigenvalue weighted by molar-refractivity contribution is 0.410. The monoisotopic (exact) mass is 312 g/mol. The van der Waals surface area contributed by atoms with Crippen molar-refractivity contribution in [2.75, 3.05) is 17.7 Å². The van der Waals surface area contributed by atoms with E-state index in [9.17, 15) is 0 Å². The summed E-state index contributed by atoms with van der Waals surface area (Å²) in [7, 11) is 1.69. The predicted octanol–water partition coefficient (Wildman–Crippen LogP) is 3.84. The van der Waals surface area contributed by atoms with Gasteiger partial charge in [0, 0.05) is 24.3 Å². The minimum absolute atomic E-state index is 0.508. The molecular formula is C18H24N4O. The lowest BCUT2D eigenvalue weighted by Crippen LogP contribution is -2.23. The van der Waals surface area contributed by atoms with Crippen molar-refractivity contribution in [2.45, 2.75) is 44.7 Å². The average Bonchev–Trinajstić information content (AvgIpc) is 2.61. The minimum Gasteiger partial charge on any atom is -0.496 e. The Balaban J connectivity index is 1.61. The maximum absolute atomic E-state index is 5.37. The number of ether oxygens (including phenoxy) is 1. The zero-order valence-corrected chi connectivity index (χ0v) is 13.6. The molecule has 1 fully saturated rings. The van der Waals surface area contributed by atoms with Crippen LogP contribution in [0.4, 0.5) is 11.8 Å². The van der Waals surface area contributed by atoms with E-state index in [1.165, 1.54) is 32.1 Å². The Morgan fingerprint density at radius 1 is 1.13 bits per heavy atom. The van der Waals surface area contributed by atoms with Gasteiger partial charge in [0.25, 0.3) is 0 Å². The second kappa shape index (κ2) is 7.81. The molecule has 1 aromatic heterocycles. The molecule has 0 amide bonds. The number of nitrogens with one attached hydrogen (secondary N) is 2. The zero-order valence-electron chi connectivity index (χ0n) is 13.6. The lowest BCUT2D eigenvalue weighted by Gasteiger charge is -2.22. The van der Waals surface area contributed by atoms with E-state index in [0.717, 1.165) is 17.1 Å². The van der Waals surface area contributed by atoms with Crippen LogP contribution in [0.2, 0.25) is 0 Å². The number of methoxy groups -OCH3 is 1. The van der Waals surface area contributed by atoms with Crippen molar-refractivity contribution in [1.82, 2.24) is 9.97 Å². The Bertz CT molecular complexity index is 626. The van der Waals surface area contributed by atoms with Gasteiger partial charge in [-0.1, -0.05) is 37.5 Å². The molecule has 0 aliphatic heterocycles. The van der Waals surface area contributed by atoms with Gasteiger partial charge in [-0.25, -0.2) is 4.98 Å². The van der Waals surface area contributed by atoms with Crippen LogP contribution in [-0.2, 0) is 6.54 Å². The molecule has 1 aliphatic carbocycles. The Labute approximate surface area is 137 Å². The fourth-order valence-electron chi connectivity index (χ4n) is 2.99. The number of hydrogen-bond acceptors (Lipinski definition) is 5. The fourth-order valence-corrected chi connectivity index (χ4v) is 2.99. The van der Waals surface area contributed by atoms with E-state index in [0.29, 0.717) is 18.5 Å². The summed E-state index contributed by atoms with van der Waals surface area (Å²) in [5.41, 5.74) is 1.11. The normalized spacial score (nSPS) is 15.2. The van der Waals surface area contributed by atoms with Gasteiger partial charge in [0.05, 0.1) is 7.11 Å². The van der Waals surface area contributed by atoms with Crippen molar-refractivity contribution in [2.24, 2.45) is 0 Å². The van der Waals surface area contributed by atoms with Crippen molar-refractivity contribution in [3.05, 3.63) is 42.1 Å². The van der Waals surface area contributed by atoms with Crippen molar-refractivity contribution < 1.29 is 4.74 Å². The summed E-state index contributed by atoms with van der Waals surface area (Å²) in [6.07, 6.45) is 8.15. The van der Waals surface area contributed by atoms with Gasteiger partial charge >= 0.3 is 0 Å². The molecule has 0 saturated heterocycles. The van der Waals surface area contributed by atoms with Crippen molar-refractivity contribution in [1.29, 1.82) is 0 Å². The van der Waals surface area contributed by atoms with Crippen LogP contribution in [0.5, 0.6) is 5.75 Å². The molecule has 2 N–H and O–H groups in total. The van der Waals surface area contributed by atoms with Gasteiger partial charge in [-0.2, -0.15) is 4.98 Å². The second-order valence-electron chi connectivity index (χ2n) is 5.91. The summed E-state index contributed by atoms with van der Waals surface area (Å²) < 4.78 is 5.37. The largest absolute Gasteiger partial charge is 0.496 e. The highest BCUT2D eigenvalue weighted by atomic mass is 16.5. The van der Waals surface area contributed by atoms with Gasteiger partial charge in [-0.3, -0.25) is 0 Å². The number of rotatable bonds is 6. The maximum atomic E-state index is 5.37. The molecule has 1 heterocycles. The van der Waals surface area contributed by atoms with E-state index in [1.54, 1.807) is 13.3 Å². The standard InChI is InChI=1S/C18H24N4O/c1-23-16-10-6-5-7-14(16)13-20-17-11-12-19-18(22-17)21-15-8-3-2-4-9-15/h5-7,10-12,15H,2-4,8-9,13H2,1H3,(H2,19,20,21,22). The molecule has 0 unspecified atom stereocenters. The van der Waals surface area contributed by atoms with Gasteiger partial charge in [-0.05, 0) is 25.0 Å². The highest BCUT2D eigenvalue weighted by Crippen LogP contribution is 2.21. The Morgan fingerprint density at radius 3 is 2.78 bits per heavy atom. The summed E-state index contributed by atoms with van der Waals surface area (Å²) >= 11 is 0. The van der Waals surface area contributed by atoms with Crippen LogP contribution < -0.4 is 15.4 Å². The third-order valence-corrected chi connectivity index (χ3v) is 4.25. The molecule has 0 spiro atoms. The van der Waals surface area contributed by atoms with E-state index < -0.39 is 0 Å². The molecule has 0 atom stereocenters. The number of para-hydroxylation sites is 1. The zero-order chi connectivity index (χ0) is 15.9. The number of nitrogens with zero attached hydrogens (tertiary/aromatic N) is 2. The van der Waals surface area contributed by atoms with Crippen LogP contribution >= 0.6 is 0 Å². The minimum atomic E-state index is 0.508.